The highest BCUT2D eigenvalue weighted by Crippen LogP contribution is 2.13. The molecule has 1 atom stereocenters. The van der Waals surface area contributed by atoms with Crippen LogP contribution in [0.1, 0.15) is 96.8 Å². The Kier molecular flexibility index (Phi) is 16.6. The van der Waals surface area contributed by atoms with E-state index in [2.05, 4.69) is 32.1 Å². The van der Waals surface area contributed by atoms with Crippen LogP contribution in [0.5, 0.6) is 0 Å². The molecule has 0 amide bonds. The van der Waals surface area contributed by atoms with E-state index in [1.54, 1.807) is 0 Å². The zero-order valence-electron chi connectivity index (χ0n) is 14.3. The van der Waals surface area contributed by atoms with E-state index < -0.39 is 0 Å². The first-order valence-corrected chi connectivity index (χ1v) is 9.19. The summed E-state index contributed by atoms with van der Waals surface area (Å²) < 4.78 is 0. The Morgan fingerprint density at radius 1 is 0.810 bits per heavy atom. The summed E-state index contributed by atoms with van der Waals surface area (Å²) in [5.74, 6) is 0.00168. The quantitative estimate of drug-likeness (QED) is 0.235. The minimum absolute atomic E-state index is 0.00168. The highest BCUT2D eigenvalue weighted by molar-refractivity contribution is 4.83. The molecule has 1 unspecified atom stereocenters. The second-order valence-electron chi connectivity index (χ2n) is 6.20. The molecule has 1 heteroatoms. The van der Waals surface area contributed by atoms with Gasteiger partial charge in [-0.15, -0.1) is 0 Å². The van der Waals surface area contributed by atoms with Crippen LogP contribution in [0.2, 0.25) is 0 Å². The van der Waals surface area contributed by atoms with E-state index in [4.69, 9.17) is 5.26 Å². The molecule has 0 aliphatic rings. The van der Waals surface area contributed by atoms with Crippen LogP contribution in [0.15, 0.2) is 12.2 Å². The molecule has 1 radical (unpaired) electrons. The van der Waals surface area contributed by atoms with Crippen LogP contribution in [0.25, 0.3) is 0 Å². The molecule has 0 fully saturated rings. The van der Waals surface area contributed by atoms with Gasteiger partial charge in [0.15, 0.2) is 0 Å². The van der Waals surface area contributed by atoms with Crippen molar-refractivity contribution in [2.75, 3.05) is 0 Å². The van der Waals surface area contributed by atoms with E-state index in [0.717, 1.165) is 6.42 Å². The van der Waals surface area contributed by atoms with E-state index in [0.29, 0.717) is 0 Å². The minimum Gasteiger partial charge on any atom is -0.198 e. The van der Waals surface area contributed by atoms with E-state index in [9.17, 15) is 0 Å². The molecule has 21 heavy (non-hydrogen) atoms. The summed E-state index contributed by atoms with van der Waals surface area (Å²) in [7, 11) is 0. The normalized spacial score (nSPS) is 12.6. The van der Waals surface area contributed by atoms with Crippen molar-refractivity contribution in [2.24, 2.45) is 5.92 Å². The van der Waals surface area contributed by atoms with Gasteiger partial charge in [-0.3, -0.25) is 0 Å². The summed E-state index contributed by atoms with van der Waals surface area (Å²) in [4.78, 5) is 0. The lowest BCUT2D eigenvalue weighted by Crippen LogP contribution is -1.90. The SMILES string of the molecule is [CH2]C(C#N)CCCCCCCCCCCCC=CCCC. The molecule has 0 aliphatic heterocycles. The second kappa shape index (κ2) is 17.3. The predicted octanol–water partition coefficient (Wildman–Crippen LogP) is 7.00. The summed E-state index contributed by atoms with van der Waals surface area (Å²) in [6.07, 6.45) is 23.0. The van der Waals surface area contributed by atoms with E-state index in [1.165, 1.54) is 83.5 Å². The van der Waals surface area contributed by atoms with Crippen LogP contribution in [-0.2, 0) is 0 Å². The molecule has 0 rings (SSSR count). The van der Waals surface area contributed by atoms with E-state index >= 15 is 0 Å². The summed E-state index contributed by atoms with van der Waals surface area (Å²) in [6, 6.07) is 2.20. The number of unbranched alkanes of at least 4 members (excludes halogenated alkanes) is 11. The Balaban J connectivity index is 3.04. The van der Waals surface area contributed by atoms with Gasteiger partial charge >= 0.3 is 0 Å². The van der Waals surface area contributed by atoms with E-state index in [1.807, 2.05) is 0 Å². The second-order valence-corrected chi connectivity index (χ2v) is 6.20. The van der Waals surface area contributed by atoms with Crippen LogP contribution in [0.3, 0.4) is 0 Å². The summed E-state index contributed by atoms with van der Waals surface area (Å²) in [5.41, 5.74) is 0. The van der Waals surface area contributed by atoms with Crippen molar-refractivity contribution in [1.82, 2.24) is 0 Å². The molecule has 0 aliphatic carbocycles. The first-order chi connectivity index (χ1) is 10.3. The Morgan fingerprint density at radius 2 is 1.29 bits per heavy atom. The molecule has 0 heterocycles. The van der Waals surface area contributed by atoms with E-state index in [-0.39, 0.29) is 5.92 Å². The summed E-state index contributed by atoms with van der Waals surface area (Å²) >= 11 is 0. The number of allylic oxidation sites excluding steroid dienone is 2. The molecule has 0 N–H and O–H groups in total. The molecule has 121 valence electrons. The van der Waals surface area contributed by atoms with Crippen molar-refractivity contribution in [3.05, 3.63) is 19.1 Å². The third kappa shape index (κ3) is 17.2. The topological polar surface area (TPSA) is 23.8 Å². The minimum atomic E-state index is 0.00168. The van der Waals surface area contributed by atoms with Gasteiger partial charge in [0.1, 0.15) is 0 Å². The molecule has 0 aromatic carbocycles. The molecule has 0 saturated carbocycles. The number of nitriles is 1. The zero-order chi connectivity index (χ0) is 15.6. The van der Waals surface area contributed by atoms with Gasteiger partial charge in [0.2, 0.25) is 0 Å². The van der Waals surface area contributed by atoms with Gasteiger partial charge in [0.05, 0.1) is 6.07 Å². The molecule has 0 aromatic rings. The van der Waals surface area contributed by atoms with Gasteiger partial charge in [-0.2, -0.15) is 5.26 Å². The van der Waals surface area contributed by atoms with Crippen LogP contribution < -0.4 is 0 Å². The summed E-state index contributed by atoms with van der Waals surface area (Å²) in [6.45, 7) is 6.03. The monoisotopic (exact) mass is 290 g/mol. The maximum absolute atomic E-state index is 8.63. The van der Waals surface area contributed by atoms with Gasteiger partial charge < -0.3 is 0 Å². The Labute approximate surface area is 133 Å². The van der Waals surface area contributed by atoms with Crippen LogP contribution in [0, 0.1) is 24.2 Å². The molecular formula is C20H36N. The van der Waals surface area contributed by atoms with Crippen LogP contribution in [0.4, 0.5) is 0 Å². The third-order valence-electron chi connectivity index (χ3n) is 3.98. The average Bonchev–Trinajstić information content (AvgIpc) is 2.50. The fraction of sp³-hybridized carbons (Fsp3) is 0.800. The average molecular weight is 291 g/mol. The smallest absolute Gasteiger partial charge is 0.0655 e. The molecule has 1 nitrogen and oxygen atoms in total. The number of hydrogen-bond donors (Lipinski definition) is 0. The number of hydrogen-bond acceptors (Lipinski definition) is 1. The van der Waals surface area contributed by atoms with Crippen molar-refractivity contribution in [3.63, 3.8) is 0 Å². The van der Waals surface area contributed by atoms with Crippen LogP contribution >= 0.6 is 0 Å². The number of nitrogens with zero attached hydrogens (tertiary/aromatic N) is 1. The van der Waals surface area contributed by atoms with Gasteiger partial charge in [-0.05, 0) is 32.6 Å². The maximum atomic E-state index is 8.63. The fourth-order valence-electron chi connectivity index (χ4n) is 2.53. The first-order valence-electron chi connectivity index (χ1n) is 9.19. The van der Waals surface area contributed by atoms with Crippen molar-refractivity contribution >= 4 is 0 Å². The Morgan fingerprint density at radius 3 is 1.81 bits per heavy atom. The first kappa shape index (κ1) is 20.2. The zero-order valence-corrected chi connectivity index (χ0v) is 14.3. The van der Waals surface area contributed by atoms with Crippen molar-refractivity contribution < 1.29 is 0 Å². The highest BCUT2D eigenvalue weighted by Gasteiger charge is 1.98. The van der Waals surface area contributed by atoms with Gasteiger partial charge in [0.25, 0.3) is 0 Å². The molecule has 0 saturated heterocycles. The largest absolute Gasteiger partial charge is 0.198 e. The Hall–Kier alpha value is -0.770. The summed E-state index contributed by atoms with van der Waals surface area (Å²) in [5, 5.41) is 8.63. The standard InChI is InChI=1S/C20H36N/c1-3-4-5-6-7-8-9-10-11-12-13-14-15-16-17-18-20(2)19-21/h5-6,20H,2-4,7-18H2,1H3. The van der Waals surface area contributed by atoms with Gasteiger partial charge in [0, 0.05) is 5.92 Å². The van der Waals surface area contributed by atoms with Gasteiger partial charge in [-0.25, -0.2) is 0 Å². The lowest BCUT2D eigenvalue weighted by Gasteiger charge is -2.03. The Bertz CT molecular complexity index is 262. The van der Waals surface area contributed by atoms with Crippen molar-refractivity contribution in [1.29, 1.82) is 5.26 Å². The highest BCUT2D eigenvalue weighted by atomic mass is 14.3. The predicted molar refractivity (Wildman–Crippen MR) is 93.9 cm³/mol. The van der Waals surface area contributed by atoms with Crippen LogP contribution in [-0.4, -0.2) is 0 Å². The number of rotatable bonds is 15. The maximum Gasteiger partial charge on any atom is 0.0655 e. The molecular weight excluding hydrogens is 254 g/mol. The van der Waals surface area contributed by atoms with Crippen molar-refractivity contribution in [2.45, 2.75) is 96.8 Å². The van der Waals surface area contributed by atoms with Gasteiger partial charge in [-0.1, -0.05) is 83.3 Å². The lowest BCUT2D eigenvalue weighted by atomic mass is 10.0. The molecule has 0 spiro atoms. The molecule has 0 bridgehead atoms. The molecule has 0 aromatic heterocycles. The third-order valence-corrected chi connectivity index (χ3v) is 3.98. The fourth-order valence-corrected chi connectivity index (χ4v) is 2.53. The van der Waals surface area contributed by atoms with Crippen molar-refractivity contribution in [3.8, 4) is 6.07 Å². The lowest BCUT2D eigenvalue weighted by molar-refractivity contribution is 0.537.